The molecule has 0 aliphatic carbocycles. The number of ketones is 1. The van der Waals surface area contributed by atoms with Gasteiger partial charge in [0.1, 0.15) is 5.82 Å². The molecule has 3 aromatic rings. The number of hydrogen-bond acceptors (Lipinski definition) is 4. The van der Waals surface area contributed by atoms with E-state index in [9.17, 15) is 9.18 Å². The van der Waals surface area contributed by atoms with Gasteiger partial charge in [0.25, 0.3) is 0 Å². The second kappa shape index (κ2) is 7.74. The van der Waals surface area contributed by atoms with E-state index in [0.717, 1.165) is 59.7 Å². The minimum Gasteiger partial charge on any atom is -0.298 e. The van der Waals surface area contributed by atoms with E-state index in [2.05, 4.69) is 15.1 Å². The summed E-state index contributed by atoms with van der Waals surface area (Å²) in [6.45, 7) is 4.48. The number of Topliss-reactive ketones (excluding diaryl/α,β-unsaturated/α-hetero) is 1. The van der Waals surface area contributed by atoms with E-state index < -0.39 is 0 Å². The lowest BCUT2D eigenvalue weighted by molar-refractivity contribution is 0.0815. The number of nitrogens with zero attached hydrogens (tertiary/aromatic N) is 2. The van der Waals surface area contributed by atoms with Crippen molar-refractivity contribution in [3.63, 3.8) is 0 Å². The number of thiophene rings is 1. The third-order valence-corrected chi connectivity index (χ3v) is 6.24. The SMILES string of the molecule is Cc1ccsc1C(=O)C1CCCN(Cc2cn[nH]c2-c2ccc(F)cc2)C1. The van der Waals surface area contributed by atoms with Gasteiger partial charge in [-0.3, -0.25) is 14.8 Å². The monoisotopic (exact) mass is 383 g/mol. The van der Waals surface area contributed by atoms with Crippen molar-refractivity contribution in [1.82, 2.24) is 15.1 Å². The van der Waals surface area contributed by atoms with Gasteiger partial charge in [-0.1, -0.05) is 0 Å². The van der Waals surface area contributed by atoms with Crippen LogP contribution in [0.3, 0.4) is 0 Å². The van der Waals surface area contributed by atoms with Crippen LogP contribution in [0, 0.1) is 18.7 Å². The van der Waals surface area contributed by atoms with Crippen LogP contribution in [0.15, 0.2) is 41.9 Å². The molecule has 1 aromatic carbocycles. The van der Waals surface area contributed by atoms with Gasteiger partial charge in [-0.05, 0) is 67.6 Å². The van der Waals surface area contributed by atoms with E-state index in [1.165, 1.54) is 12.1 Å². The van der Waals surface area contributed by atoms with Crippen molar-refractivity contribution in [1.29, 1.82) is 0 Å². The zero-order valence-corrected chi connectivity index (χ0v) is 16.1. The summed E-state index contributed by atoms with van der Waals surface area (Å²) >= 11 is 1.55. The van der Waals surface area contributed by atoms with Gasteiger partial charge in [0, 0.05) is 30.1 Å². The van der Waals surface area contributed by atoms with Gasteiger partial charge in [-0.15, -0.1) is 11.3 Å². The second-order valence-electron chi connectivity index (χ2n) is 7.15. The number of piperidine rings is 1. The van der Waals surface area contributed by atoms with E-state index in [4.69, 9.17) is 0 Å². The molecule has 6 heteroatoms. The van der Waals surface area contributed by atoms with Crippen molar-refractivity contribution in [2.24, 2.45) is 5.92 Å². The number of benzene rings is 1. The molecular weight excluding hydrogens is 361 g/mol. The average molecular weight is 383 g/mol. The molecule has 1 N–H and O–H groups in total. The second-order valence-corrected chi connectivity index (χ2v) is 8.06. The lowest BCUT2D eigenvalue weighted by Gasteiger charge is -2.31. The zero-order valence-electron chi connectivity index (χ0n) is 15.2. The summed E-state index contributed by atoms with van der Waals surface area (Å²) in [7, 11) is 0. The van der Waals surface area contributed by atoms with Crippen LogP contribution < -0.4 is 0 Å². The Labute approximate surface area is 162 Å². The summed E-state index contributed by atoms with van der Waals surface area (Å²) in [4.78, 5) is 16.1. The van der Waals surface area contributed by atoms with Gasteiger partial charge in [0.05, 0.1) is 16.8 Å². The summed E-state index contributed by atoms with van der Waals surface area (Å²) in [6.07, 6.45) is 3.79. The lowest BCUT2D eigenvalue weighted by Crippen LogP contribution is -2.38. The Balaban J connectivity index is 1.47. The first-order valence-corrected chi connectivity index (χ1v) is 10.1. The van der Waals surface area contributed by atoms with Crippen molar-refractivity contribution in [3.05, 3.63) is 63.7 Å². The summed E-state index contributed by atoms with van der Waals surface area (Å²) in [5.41, 5.74) is 3.98. The molecule has 1 atom stereocenters. The van der Waals surface area contributed by atoms with Crippen LogP contribution in [0.25, 0.3) is 11.3 Å². The van der Waals surface area contributed by atoms with Crippen molar-refractivity contribution in [2.75, 3.05) is 13.1 Å². The van der Waals surface area contributed by atoms with Crippen LogP contribution in [-0.4, -0.2) is 34.0 Å². The molecule has 0 saturated carbocycles. The zero-order chi connectivity index (χ0) is 18.8. The Morgan fingerprint density at radius 3 is 2.89 bits per heavy atom. The molecule has 0 bridgehead atoms. The fraction of sp³-hybridized carbons (Fsp3) is 0.333. The highest BCUT2D eigenvalue weighted by atomic mass is 32.1. The molecule has 0 spiro atoms. The fourth-order valence-corrected chi connectivity index (χ4v) is 4.71. The van der Waals surface area contributed by atoms with Crippen LogP contribution in [-0.2, 0) is 6.54 Å². The molecule has 4 nitrogen and oxygen atoms in total. The minimum atomic E-state index is -0.249. The highest BCUT2D eigenvalue weighted by Gasteiger charge is 2.28. The predicted molar refractivity (Wildman–Crippen MR) is 105 cm³/mol. The molecule has 27 heavy (non-hydrogen) atoms. The number of carbonyl (C=O) groups excluding carboxylic acids is 1. The summed E-state index contributed by atoms with van der Waals surface area (Å²) in [5.74, 6) is 0.0801. The molecule has 4 rings (SSSR count). The number of rotatable bonds is 5. The fourth-order valence-electron chi connectivity index (χ4n) is 3.76. The first-order valence-electron chi connectivity index (χ1n) is 9.20. The molecule has 2 aromatic heterocycles. The van der Waals surface area contributed by atoms with E-state index in [-0.39, 0.29) is 17.5 Å². The summed E-state index contributed by atoms with van der Waals surface area (Å²) in [6, 6.07) is 8.44. The molecule has 1 saturated heterocycles. The molecule has 1 aliphatic rings. The smallest absolute Gasteiger partial charge is 0.177 e. The van der Waals surface area contributed by atoms with Crippen molar-refractivity contribution < 1.29 is 9.18 Å². The molecule has 1 unspecified atom stereocenters. The van der Waals surface area contributed by atoms with Crippen molar-refractivity contribution in [2.45, 2.75) is 26.3 Å². The molecule has 0 radical (unpaired) electrons. The molecule has 3 heterocycles. The van der Waals surface area contributed by atoms with Crippen LogP contribution in [0.5, 0.6) is 0 Å². The number of halogens is 1. The largest absolute Gasteiger partial charge is 0.298 e. The normalized spacial score (nSPS) is 17.9. The molecular formula is C21H22FN3OS. The van der Waals surface area contributed by atoms with Gasteiger partial charge < -0.3 is 0 Å². The summed E-state index contributed by atoms with van der Waals surface area (Å²) < 4.78 is 13.2. The van der Waals surface area contributed by atoms with Crippen LogP contribution >= 0.6 is 11.3 Å². The molecule has 1 aliphatic heterocycles. The molecule has 0 amide bonds. The van der Waals surface area contributed by atoms with Gasteiger partial charge in [-0.2, -0.15) is 5.10 Å². The standard InChI is InChI=1S/C21H22FN3OS/c1-14-8-10-27-21(14)20(26)16-3-2-9-25(12-16)13-17-11-23-24-19(17)15-4-6-18(22)7-5-15/h4-8,10-11,16H,2-3,9,12-13H2,1H3,(H,23,24). The van der Waals surface area contributed by atoms with Gasteiger partial charge in [0.2, 0.25) is 0 Å². The van der Waals surface area contributed by atoms with E-state index >= 15 is 0 Å². The van der Waals surface area contributed by atoms with Crippen LogP contribution in [0.2, 0.25) is 0 Å². The first-order chi connectivity index (χ1) is 13.1. The average Bonchev–Trinajstić information content (AvgIpc) is 3.31. The number of H-pyrrole nitrogens is 1. The quantitative estimate of drug-likeness (QED) is 0.651. The van der Waals surface area contributed by atoms with Gasteiger partial charge in [0.15, 0.2) is 5.78 Å². The highest BCUT2D eigenvalue weighted by Crippen LogP contribution is 2.28. The summed E-state index contributed by atoms with van der Waals surface area (Å²) in [5, 5.41) is 9.20. The van der Waals surface area contributed by atoms with Crippen LogP contribution in [0.1, 0.15) is 33.6 Å². The number of carbonyl (C=O) groups is 1. The predicted octanol–water partition coefficient (Wildman–Crippen LogP) is 4.68. The van der Waals surface area contributed by atoms with Crippen LogP contribution in [0.4, 0.5) is 4.39 Å². The van der Waals surface area contributed by atoms with E-state index in [1.807, 2.05) is 24.6 Å². The van der Waals surface area contributed by atoms with E-state index in [1.54, 1.807) is 23.5 Å². The number of likely N-dealkylation sites (tertiary alicyclic amines) is 1. The minimum absolute atomic E-state index is 0.0530. The maximum atomic E-state index is 13.2. The number of hydrogen-bond donors (Lipinski definition) is 1. The number of nitrogens with one attached hydrogen (secondary N) is 1. The Bertz CT molecular complexity index is 931. The molecule has 1 fully saturated rings. The van der Waals surface area contributed by atoms with Gasteiger partial charge in [-0.25, -0.2) is 4.39 Å². The Morgan fingerprint density at radius 2 is 2.15 bits per heavy atom. The Hall–Kier alpha value is -2.31. The van der Waals surface area contributed by atoms with Crippen molar-refractivity contribution >= 4 is 17.1 Å². The first kappa shape index (κ1) is 18.1. The number of aryl methyl sites for hydroxylation is 1. The molecule has 140 valence electrons. The third-order valence-electron chi connectivity index (χ3n) is 5.21. The maximum Gasteiger partial charge on any atom is 0.177 e. The number of aromatic nitrogens is 2. The lowest BCUT2D eigenvalue weighted by atomic mass is 9.91. The van der Waals surface area contributed by atoms with E-state index in [0.29, 0.717) is 0 Å². The maximum absolute atomic E-state index is 13.2. The van der Waals surface area contributed by atoms with Gasteiger partial charge >= 0.3 is 0 Å². The highest BCUT2D eigenvalue weighted by molar-refractivity contribution is 7.12. The third kappa shape index (κ3) is 3.87. The Kier molecular flexibility index (Phi) is 5.18. The number of aromatic amines is 1. The van der Waals surface area contributed by atoms with Crippen molar-refractivity contribution in [3.8, 4) is 11.3 Å². The Morgan fingerprint density at radius 1 is 1.33 bits per heavy atom. The topological polar surface area (TPSA) is 49.0 Å².